The van der Waals surface area contributed by atoms with Gasteiger partial charge in [-0.25, -0.2) is 15.0 Å². The Balaban J connectivity index is 1.41. The number of piperidine rings is 1. The van der Waals surface area contributed by atoms with Crippen molar-refractivity contribution in [3.63, 3.8) is 0 Å². The van der Waals surface area contributed by atoms with E-state index in [9.17, 15) is 4.79 Å². The van der Waals surface area contributed by atoms with Gasteiger partial charge in [-0.05, 0) is 45.7 Å². The highest BCUT2D eigenvalue weighted by atomic mass is 32.1. The molecule has 0 atom stereocenters. The summed E-state index contributed by atoms with van der Waals surface area (Å²) in [6.07, 6.45) is 3.67. The number of amides is 1. The van der Waals surface area contributed by atoms with Crippen LogP contribution in [0.2, 0.25) is 0 Å². The van der Waals surface area contributed by atoms with Gasteiger partial charge in [0.2, 0.25) is 0 Å². The minimum absolute atomic E-state index is 0.0649. The van der Waals surface area contributed by atoms with Crippen LogP contribution in [0.1, 0.15) is 53.6 Å². The van der Waals surface area contributed by atoms with Gasteiger partial charge in [0.15, 0.2) is 5.13 Å². The molecule has 4 rings (SSSR count). The Morgan fingerprint density at radius 2 is 2.03 bits per heavy atom. The molecular weight excluding hydrogens is 426 g/mol. The van der Waals surface area contributed by atoms with Gasteiger partial charge in [-0.15, -0.1) is 11.3 Å². The predicted octanol–water partition coefficient (Wildman–Crippen LogP) is 2.94. The fraction of sp³-hybridized carbons (Fsp3) is 0.591. The van der Waals surface area contributed by atoms with E-state index in [0.717, 1.165) is 44.5 Å². The maximum absolute atomic E-state index is 12.8. The third-order valence-corrected chi connectivity index (χ3v) is 6.93. The van der Waals surface area contributed by atoms with E-state index in [1.807, 2.05) is 20.0 Å². The third kappa shape index (κ3) is 5.41. The normalized spacial score (nSPS) is 18.3. The monoisotopic (exact) mass is 455 g/mol. The number of anilines is 2. The van der Waals surface area contributed by atoms with E-state index < -0.39 is 0 Å². The average molecular weight is 456 g/mol. The molecule has 0 unspecified atom stereocenters. The van der Waals surface area contributed by atoms with E-state index in [2.05, 4.69) is 31.2 Å². The lowest BCUT2D eigenvalue weighted by atomic mass is 9.93. The number of rotatable bonds is 6. The van der Waals surface area contributed by atoms with Gasteiger partial charge in [-0.3, -0.25) is 9.69 Å². The van der Waals surface area contributed by atoms with Crippen molar-refractivity contribution in [2.45, 2.75) is 44.6 Å². The number of nitrogens with one attached hydrogen (secondary N) is 1. The lowest BCUT2D eigenvalue weighted by molar-refractivity contribution is 0.0359. The van der Waals surface area contributed by atoms with Crippen molar-refractivity contribution < 1.29 is 9.53 Å². The zero-order valence-electron chi connectivity index (χ0n) is 18.6. The van der Waals surface area contributed by atoms with Crippen molar-refractivity contribution in [2.24, 2.45) is 0 Å². The molecule has 9 nitrogen and oxygen atoms in total. The molecule has 0 radical (unpaired) electrons. The van der Waals surface area contributed by atoms with Crippen molar-refractivity contribution in [1.82, 2.24) is 24.8 Å². The number of aryl methyl sites for hydroxylation is 1. The fourth-order valence-corrected chi connectivity index (χ4v) is 5.00. The lowest BCUT2D eigenvalue weighted by Gasteiger charge is -2.30. The van der Waals surface area contributed by atoms with E-state index in [0.29, 0.717) is 48.1 Å². The molecule has 2 aliphatic heterocycles. The molecular formula is C22H29N7O2S. The van der Waals surface area contributed by atoms with Crippen LogP contribution in [0, 0.1) is 18.3 Å². The molecule has 0 bridgehead atoms. The van der Waals surface area contributed by atoms with Crippen LogP contribution in [0.4, 0.5) is 10.9 Å². The van der Waals surface area contributed by atoms with Crippen LogP contribution in [-0.2, 0) is 4.74 Å². The summed E-state index contributed by atoms with van der Waals surface area (Å²) in [5.74, 6) is 1.69. The molecule has 2 aliphatic rings. The van der Waals surface area contributed by atoms with Crippen molar-refractivity contribution in [3.05, 3.63) is 28.7 Å². The standard InChI is InChI=1S/C22H29N7O2S/c1-15-24-18(16-3-8-29(9-4-16)10-7-23)13-20(25-15)27-22-26-19(14-32-22)21(30)28(2)17-5-11-31-12-6-17/h13-14,16-17H,3-6,8-12H2,1-2H3,(H,24,25,26,27). The summed E-state index contributed by atoms with van der Waals surface area (Å²) in [5, 5.41) is 14.6. The molecule has 0 spiro atoms. The number of nitriles is 1. The molecule has 1 amide bonds. The first-order valence-corrected chi connectivity index (χ1v) is 11.9. The van der Waals surface area contributed by atoms with Gasteiger partial charge in [0, 0.05) is 49.4 Å². The summed E-state index contributed by atoms with van der Waals surface area (Å²) < 4.78 is 5.40. The Morgan fingerprint density at radius 1 is 1.28 bits per heavy atom. The number of nitrogens with zero attached hydrogens (tertiary/aromatic N) is 6. The Morgan fingerprint density at radius 3 is 2.75 bits per heavy atom. The highest BCUT2D eigenvalue weighted by Gasteiger charge is 2.25. The number of hydrogen-bond acceptors (Lipinski definition) is 9. The molecule has 170 valence electrons. The summed E-state index contributed by atoms with van der Waals surface area (Å²) in [4.78, 5) is 30.5. The van der Waals surface area contributed by atoms with Gasteiger partial charge in [0.1, 0.15) is 17.3 Å². The van der Waals surface area contributed by atoms with Crippen LogP contribution < -0.4 is 5.32 Å². The van der Waals surface area contributed by atoms with Crippen LogP contribution in [0.3, 0.4) is 0 Å². The Hall–Kier alpha value is -2.61. The molecule has 2 saturated heterocycles. The van der Waals surface area contributed by atoms with E-state index in [-0.39, 0.29) is 11.9 Å². The van der Waals surface area contributed by atoms with Crippen LogP contribution >= 0.6 is 11.3 Å². The minimum Gasteiger partial charge on any atom is -0.381 e. The van der Waals surface area contributed by atoms with E-state index in [1.54, 1.807) is 10.3 Å². The SMILES string of the molecule is Cc1nc(Nc2nc(C(=O)N(C)C3CCOCC3)cs2)cc(C2CCN(CC#N)CC2)n1. The van der Waals surface area contributed by atoms with Gasteiger partial charge < -0.3 is 15.0 Å². The maximum atomic E-state index is 12.8. The highest BCUT2D eigenvalue weighted by Crippen LogP contribution is 2.29. The minimum atomic E-state index is -0.0649. The number of hydrogen-bond donors (Lipinski definition) is 1. The van der Waals surface area contributed by atoms with Gasteiger partial charge in [-0.1, -0.05) is 0 Å². The summed E-state index contributed by atoms with van der Waals surface area (Å²) in [6, 6.07) is 4.40. The van der Waals surface area contributed by atoms with Crippen LogP contribution in [0.5, 0.6) is 0 Å². The van der Waals surface area contributed by atoms with Crippen molar-refractivity contribution in [3.8, 4) is 6.07 Å². The number of carbonyl (C=O) groups is 1. The van der Waals surface area contributed by atoms with Crippen LogP contribution in [0.25, 0.3) is 0 Å². The summed E-state index contributed by atoms with van der Waals surface area (Å²) >= 11 is 1.40. The first-order chi connectivity index (χ1) is 15.5. The molecule has 2 aromatic rings. The quantitative estimate of drug-likeness (QED) is 0.663. The second kappa shape index (κ2) is 10.3. The van der Waals surface area contributed by atoms with Crippen molar-refractivity contribution in [2.75, 3.05) is 45.2 Å². The first kappa shape index (κ1) is 22.6. The van der Waals surface area contributed by atoms with Crippen LogP contribution in [0.15, 0.2) is 11.4 Å². The van der Waals surface area contributed by atoms with Gasteiger partial charge in [0.05, 0.1) is 12.6 Å². The van der Waals surface area contributed by atoms with E-state index in [4.69, 9.17) is 10.00 Å². The second-order valence-corrected chi connectivity index (χ2v) is 9.21. The fourth-order valence-electron chi connectivity index (χ4n) is 4.31. The number of ether oxygens (including phenoxy) is 1. The number of aromatic nitrogens is 3. The number of thiazole rings is 1. The predicted molar refractivity (Wildman–Crippen MR) is 122 cm³/mol. The third-order valence-electron chi connectivity index (χ3n) is 6.18. The topological polar surface area (TPSA) is 107 Å². The van der Waals surface area contributed by atoms with Crippen LogP contribution in [-0.4, -0.2) is 76.6 Å². The summed E-state index contributed by atoms with van der Waals surface area (Å²) in [7, 11) is 1.84. The van der Waals surface area contributed by atoms with E-state index in [1.165, 1.54) is 11.3 Å². The number of likely N-dealkylation sites (tertiary alicyclic amines) is 1. The smallest absolute Gasteiger partial charge is 0.273 e. The average Bonchev–Trinajstić information content (AvgIpc) is 3.27. The van der Waals surface area contributed by atoms with Crippen molar-refractivity contribution >= 4 is 28.2 Å². The molecule has 32 heavy (non-hydrogen) atoms. The molecule has 1 N–H and O–H groups in total. The molecule has 10 heteroatoms. The molecule has 0 aliphatic carbocycles. The lowest BCUT2D eigenvalue weighted by Crippen LogP contribution is -2.40. The van der Waals surface area contributed by atoms with Gasteiger partial charge in [-0.2, -0.15) is 5.26 Å². The molecule has 2 aromatic heterocycles. The Kier molecular flexibility index (Phi) is 7.29. The summed E-state index contributed by atoms with van der Waals surface area (Å²) in [6.45, 7) is 5.57. The zero-order chi connectivity index (χ0) is 22.5. The van der Waals surface area contributed by atoms with Gasteiger partial charge >= 0.3 is 0 Å². The first-order valence-electron chi connectivity index (χ1n) is 11.1. The molecule has 0 aromatic carbocycles. The van der Waals surface area contributed by atoms with E-state index >= 15 is 0 Å². The Labute approximate surface area is 192 Å². The van der Waals surface area contributed by atoms with Gasteiger partial charge in [0.25, 0.3) is 5.91 Å². The zero-order valence-corrected chi connectivity index (χ0v) is 19.4. The molecule has 4 heterocycles. The summed E-state index contributed by atoms with van der Waals surface area (Å²) in [5.41, 5.74) is 1.46. The van der Waals surface area contributed by atoms with Crippen molar-refractivity contribution in [1.29, 1.82) is 5.26 Å². The molecule has 0 saturated carbocycles. The number of carbonyl (C=O) groups excluding carboxylic acids is 1. The Bertz CT molecular complexity index is 975. The molecule has 2 fully saturated rings. The maximum Gasteiger partial charge on any atom is 0.273 e. The highest BCUT2D eigenvalue weighted by molar-refractivity contribution is 7.14. The second-order valence-electron chi connectivity index (χ2n) is 8.36. The largest absolute Gasteiger partial charge is 0.381 e.